The SMILES string of the molecule is CC(CC(=O)O)N1CC(=O)NC(=O)C1(C)C. The molecule has 2 N–H and O–H groups in total. The van der Waals surface area contributed by atoms with Crippen LogP contribution in [0.15, 0.2) is 0 Å². The van der Waals surface area contributed by atoms with E-state index in [1.807, 2.05) is 0 Å². The highest BCUT2D eigenvalue weighted by atomic mass is 16.4. The van der Waals surface area contributed by atoms with Gasteiger partial charge in [-0.05, 0) is 20.8 Å². The van der Waals surface area contributed by atoms with Crippen LogP contribution in [0.3, 0.4) is 0 Å². The van der Waals surface area contributed by atoms with Gasteiger partial charge in [-0.1, -0.05) is 0 Å². The molecule has 90 valence electrons. The van der Waals surface area contributed by atoms with Gasteiger partial charge >= 0.3 is 5.97 Å². The molecule has 1 fully saturated rings. The average molecular weight is 228 g/mol. The Balaban J connectivity index is 2.87. The van der Waals surface area contributed by atoms with Crippen molar-refractivity contribution < 1.29 is 19.5 Å². The topological polar surface area (TPSA) is 86.7 Å². The molecule has 1 aliphatic heterocycles. The van der Waals surface area contributed by atoms with E-state index in [2.05, 4.69) is 5.32 Å². The van der Waals surface area contributed by atoms with Gasteiger partial charge in [-0.3, -0.25) is 24.6 Å². The van der Waals surface area contributed by atoms with Gasteiger partial charge in [0, 0.05) is 6.04 Å². The monoisotopic (exact) mass is 228 g/mol. The second-order valence-electron chi connectivity index (χ2n) is 4.51. The van der Waals surface area contributed by atoms with E-state index in [0.717, 1.165) is 0 Å². The Labute approximate surface area is 93.6 Å². The van der Waals surface area contributed by atoms with Crippen molar-refractivity contribution in [1.29, 1.82) is 0 Å². The molecule has 16 heavy (non-hydrogen) atoms. The third-order valence-corrected chi connectivity index (χ3v) is 2.84. The van der Waals surface area contributed by atoms with Gasteiger partial charge in [-0.15, -0.1) is 0 Å². The molecule has 6 nitrogen and oxygen atoms in total. The van der Waals surface area contributed by atoms with Gasteiger partial charge < -0.3 is 5.11 Å². The molecule has 0 bridgehead atoms. The second kappa shape index (κ2) is 4.21. The van der Waals surface area contributed by atoms with Crippen LogP contribution in [0.25, 0.3) is 0 Å². The van der Waals surface area contributed by atoms with Gasteiger partial charge in [0.1, 0.15) is 0 Å². The first-order valence-corrected chi connectivity index (χ1v) is 5.08. The Hall–Kier alpha value is -1.43. The minimum absolute atomic E-state index is 0.0488. The van der Waals surface area contributed by atoms with Crippen molar-refractivity contribution in [1.82, 2.24) is 10.2 Å². The van der Waals surface area contributed by atoms with Crippen LogP contribution in [0.1, 0.15) is 27.2 Å². The highest BCUT2D eigenvalue weighted by Gasteiger charge is 2.43. The maximum Gasteiger partial charge on any atom is 0.304 e. The number of carbonyl (C=O) groups excluding carboxylic acids is 2. The lowest BCUT2D eigenvalue weighted by atomic mass is 9.95. The number of hydrogen-bond donors (Lipinski definition) is 2. The first-order chi connectivity index (χ1) is 7.25. The highest BCUT2D eigenvalue weighted by Crippen LogP contribution is 2.22. The number of carboxylic acid groups (broad SMARTS) is 1. The molecule has 6 heteroatoms. The molecule has 1 saturated heterocycles. The maximum atomic E-state index is 11.6. The number of aliphatic carboxylic acids is 1. The minimum Gasteiger partial charge on any atom is -0.481 e. The number of piperazine rings is 1. The Morgan fingerprint density at radius 2 is 2.12 bits per heavy atom. The second-order valence-corrected chi connectivity index (χ2v) is 4.51. The van der Waals surface area contributed by atoms with Gasteiger partial charge in [0.25, 0.3) is 0 Å². The summed E-state index contributed by atoms with van der Waals surface area (Å²) < 4.78 is 0. The summed E-state index contributed by atoms with van der Waals surface area (Å²) in [5.41, 5.74) is -0.858. The van der Waals surface area contributed by atoms with E-state index in [0.29, 0.717) is 0 Å². The number of carboxylic acids is 1. The molecule has 0 spiro atoms. The summed E-state index contributed by atoms with van der Waals surface area (Å²) in [6.45, 7) is 5.09. The van der Waals surface area contributed by atoms with Crippen LogP contribution in [0, 0.1) is 0 Å². The van der Waals surface area contributed by atoms with Gasteiger partial charge in [0.15, 0.2) is 0 Å². The highest BCUT2D eigenvalue weighted by molar-refractivity contribution is 6.03. The summed E-state index contributed by atoms with van der Waals surface area (Å²) in [6, 6.07) is -0.359. The van der Waals surface area contributed by atoms with E-state index in [1.165, 1.54) is 0 Å². The number of amides is 2. The zero-order valence-corrected chi connectivity index (χ0v) is 9.61. The Morgan fingerprint density at radius 3 is 2.62 bits per heavy atom. The molecule has 1 unspecified atom stereocenters. The molecule has 1 heterocycles. The van der Waals surface area contributed by atoms with Crippen molar-refractivity contribution in [3.05, 3.63) is 0 Å². The van der Waals surface area contributed by atoms with Crippen LogP contribution in [0.4, 0.5) is 0 Å². The van der Waals surface area contributed by atoms with Crippen molar-refractivity contribution >= 4 is 17.8 Å². The van der Waals surface area contributed by atoms with Crippen LogP contribution < -0.4 is 5.32 Å². The maximum absolute atomic E-state index is 11.6. The van der Waals surface area contributed by atoms with E-state index in [4.69, 9.17) is 5.11 Å². The molecule has 2 amide bonds. The zero-order chi connectivity index (χ0) is 12.5. The zero-order valence-electron chi connectivity index (χ0n) is 9.61. The van der Waals surface area contributed by atoms with Crippen LogP contribution >= 0.6 is 0 Å². The van der Waals surface area contributed by atoms with E-state index < -0.39 is 11.5 Å². The third kappa shape index (κ3) is 2.38. The lowest BCUT2D eigenvalue weighted by Gasteiger charge is -2.43. The van der Waals surface area contributed by atoms with E-state index in [1.54, 1.807) is 25.7 Å². The predicted octanol–water partition coefficient (Wildman–Crippen LogP) is -0.413. The number of hydrogen-bond acceptors (Lipinski definition) is 4. The fourth-order valence-electron chi connectivity index (χ4n) is 1.87. The van der Waals surface area contributed by atoms with E-state index >= 15 is 0 Å². The van der Waals surface area contributed by atoms with Crippen LogP contribution in [0.2, 0.25) is 0 Å². The smallest absolute Gasteiger partial charge is 0.304 e. The van der Waals surface area contributed by atoms with Crippen LogP contribution in [-0.2, 0) is 14.4 Å². The summed E-state index contributed by atoms with van der Waals surface area (Å²) in [6.07, 6.45) is -0.0933. The molecule has 0 aromatic heterocycles. The summed E-state index contributed by atoms with van der Waals surface area (Å²) in [5, 5.41) is 10.9. The van der Waals surface area contributed by atoms with Gasteiger partial charge in [0.05, 0.1) is 18.5 Å². The molecule has 0 aliphatic carbocycles. The molecule has 1 rings (SSSR count). The number of rotatable bonds is 3. The molecule has 0 aromatic carbocycles. The third-order valence-electron chi connectivity index (χ3n) is 2.84. The minimum atomic E-state index is -0.943. The molecule has 0 radical (unpaired) electrons. The standard InChI is InChI=1S/C10H16N2O4/c1-6(4-8(14)15)12-5-7(13)11-9(16)10(12,2)3/h6H,4-5H2,1-3H3,(H,14,15)(H,11,13,16). The average Bonchev–Trinajstić information content (AvgIpc) is 2.10. The summed E-state index contributed by atoms with van der Waals surface area (Å²) in [5.74, 6) is -1.72. The molecular weight excluding hydrogens is 212 g/mol. The fourth-order valence-corrected chi connectivity index (χ4v) is 1.87. The molecule has 0 aromatic rings. The van der Waals surface area contributed by atoms with E-state index in [-0.39, 0.29) is 30.8 Å². The van der Waals surface area contributed by atoms with Crippen molar-refractivity contribution in [2.24, 2.45) is 0 Å². The summed E-state index contributed by atoms with van der Waals surface area (Å²) in [4.78, 5) is 35.1. The van der Waals surface area contributed by atoms with E-state index in [9.17, 15) is 14.4 Å². The molecule has 1 atom stereocenters. The number of imide groups is 1. The van der Waals surface area contributed by atoms with Crippen molar-refractivity contribution in [2.45, 2.75) is 38.8 Å². The van der Waals surface area contributed by atoms with Gasteiger partial charge in [0.2, 0.25) is 11.8 Å². The lowest BCUT2D eigenvalue weighted by Crippen LogP contribution is -2.66. The number of nitrogens with zero attached hydrogens (tertiary/aromatic N) is 1. The van der Waals surface area contributed by atoms with Gasteiger partial charge in [-0.25, -0.2) is 0 Å². The first kappa shape index (κ1) is 12.6. The first-order valence-electron chi connectivity index (χ1n) is 5.08. The normalized spacial score (nSPS) is 22.7. The largest absolute Gasteiger partial charge is 0.481 e. The summed E-state index contributed by atoms with van der Waals surface area (Å²) >= 11 is 0. The summed E-state index contributed by atoms with van der Waals surface area (Å²) in [7, 11) is 0. The Kier molecular flexibility index (Phi) is 3.32. The number of nitrogens with one attached hydrogen (secondary N) is 1. The van der Waals surface area contributed by atoms with Crippen molar-refractivity contribution in [3.63, 3.8) is 0 Å². The predicted molar refractivity (Wildman–Crippen MR) is 55.6 cm³/mol. The fraction of sp³-hybridized carbons (Fsp3) is 0.700. The van der Waals surface area contributed by atoms with Crippen molar-refractivity contribution in [3.8, 4) is 0 Å². The quantitative estimate of drug-likeness (QED) is 0.641. The number of carbonyl (C=O) groups is 3. The van der Waals surface area contributed by atoms with Crippen molar-refractivity contribution in [2.75, 3.05) is 6.54 Å². The lowest BCUT2D eigenvalue weighted by molar-refractivity contribution is -0.150. The van der Waals surface area contributed by atoms with Crippen LogP contribution in [-0.4, -0.2) is 45.9 Å². The Morgan fingerprint density at radius 1 is 1.56 bits per heavy atom. The van der Waals surface area contributed by atoms with Crippen LogP contribution in [0.5, 0.6) is 0 Å². The van der Waals surface area contributed by atoms with Gasteiger partial charge in [-0.2, -0.15) is 0 Å². The Bertz CT molecular complexity index is 338. The molecular formula is C10H16N2O4. The molecule has 0 saturated carbocycles. The molecule has 1 aliphatic rings.